The van der Waals surface area contributed by atoms with Crippen LogP contribution in [0.3, 0.4) is 0 Å². The molecule has 1 aromatic carbocycles. The number of aromatic hydroxyl groups is 1. The number of rotatable bonds is 7. The number of phenolic OH excluding ortho intramolecular Hbond substituents is 1. The summed E-state index contributed by atoms with van der Waals surface area (Å²) in [5.74, 6) is -1.85. The zero-order valence-corrected chi connectivity index (χ0v) is 24.3. The van der Waals surface area contributed by atoms with Crippen LogP contribution in [-0.4, -0.2) is 75.8 Å². The molecule has 0 radical (unpaired) electrons. The number of benzene rings is 1. The highest BCUT2D eigenvalue weighted by Gasteiger charge is 2.33. The number of carbonyl (C=O) groups is 2. The van der Waals surface area contributed by atoms with E-state index in [2.05, 4.69) is 21.5 Å². The molecule has 0 spiro atoms. The van der Waals surface area contributed by atoms with Crippen molar-refractivity contribution in [2.75, 3.05) is 31.6 Å². The van der Waals surface area contributed by atoms with Crippen LogP contribution >= 0.6 is 0 Å². The number of amides is 2. The van der Waals surface area contributed by atoms with Gasteiger partial charge in [0.05, 0.1) is 16.9 Å². The maximum atomic E-state index is 15.9. The Balaban J connectivity index is 1.97. The van der Waals surface area contributed by atoms with Gasteiger partial charge in [-0.25, -0.2) is 13.8 Å². The monoisotopic (exact) mass is 576 g/mol. The summed E-state index contributed by atoms with van der Waals surface area (Å²) in [6.07, 6.45) is 3.48. The minimum Gasteiger partial charge on any atom is -0.508 e. The third-order valence-corrected chi connectivity index (χ3v) is 7.28. The molecule has 3 aromatic rings. The molecule has 4 rings (SSSR count). The van der Waals surface area contributed by atoms with E-state index in [4.69, 9.17) is 0 Å². The molecule has 11 heteroatoms. The van der Waals surface area contributed by atoms with Crippen molar-refractivity contribution in [2.45, 2.75) is 39.7 Å². The van der Waals surface area contributed by atoms with Crippen molar-refractivity contribution in [1.29, 1.82) is 0 Å². The number of aliphatic imine (C=N–C) groups is 1. The predicted molar refractivity (Wildman–Crippen MR) is 158 cm³/mol. The second kappa shape index (κ2) is 12.5. The van der Waals surface area contributed by atoms with Gasteiger partial charge in [-0.15, -0.1) is 0 Å². The van der Waals surface area contributed by atoms with E-state index in [1.807, 2.05) is 32.6 Å². The van der Waals surface area contributed by atoms with Crippen molar-refractivity contribution >= 4 is 29.7 Å². The molecule has 3 heterocycles. The molecule has 2 amide bonds. The Morgan fingerprint density at radius 3 is 2.57 bits per heavy atom. The fraction of sp³-hybridized carbons (Fsp3) is 0.323. The van der Waals surface area contributed by atoms with E-state index >= 15 is 4.39 Å². The van der Waals surface area contributed by atoms with E-state index in [0.29, 0.717) is 43.3 Å². The molecule has 1 saturated heterocycles. The SMILES string of the molecule is C=CC(=O)N1CCN(/C(=N/C)c2cc(F)c(-c3cc(O)ccc3F)nc2N(C=O)c2c(C)ccnc2C(C)C)C(C)C1. The second-order valence-electron chi connectivity index (χ2n) is 10.4. The van der Waals surface area contributed by atoms with Crippen molar-refractivity contribution in [3.05, 3.63) is 77.6 Å². The lowest BCUT2D eigenvalue weighted by molar-refractivity contribution is -0.128. The van der Waals surface area contributed by atoms with Gasteiger partial charge < -0.3 is 14.9 Å². The van der Waals surface area contributed by atoms with Gasteiger partial charge in [0.15, 0.2) is 5.82 Å². The Bertz CT molecular complexity index is 1560. The van der Waals surface area contributed by atoms with Crippen LogP contribution < -0.4 is 4.90 Å². The first-order chi connectivity index (χ1) is 20.0. The molecule has 1 fully saturated rings. The van der Waals surface area contributed by atoms with Gasteiger partial charge in [-0.2, -0.15) is 0 Å². The van der Waals surface area contributed by atoms with Gasteiger partial charge in [-0.1, -0.05) is 20.4 Å². The summed E-state index contributed by atoms with van der Waals surface area (Å²) < 4.78 is 30.8. The molecule has 1 atom stereocenters. The van der Waals surface area contributed by atoms with Crippen LogP contribution in [-0.2, 0) is 9.59 Å². The number of piperazine rings is 1. The number of amidine groups is 1. The topological polar surface area (TPSA) is 102 Å². The lowest BCUT2D eigenvalue weighted by Gasteiger charge is -2.41. The molecule has 0 saturated carbocycles. The number of carbonyl (C=O) groups excluding carboxylic acids is 2. The van der Waals surface area contributed by atoms with Crippen molar-refractivity contribution < 1.29 is 23.5 Å². The highest BCUT2D eigenvalue weighted by atomic mass is 19.1. The molecule has 9 nitrogen and oxygen atoms in total. The first-order valence-electron chi connectivity index (χ1n) is 13.6. The summed E-state index contributed by atoms with van der Waals surface area (Å²) in [5.41, 5.74) is 1.35. The molecule has 220 valence electrons. The molecule has 1 N–H and O–H groups in total. The lowest BCUT2D eigenvalue weighted by Crippen LogP contribution is -2.55. The molecule has 0 bridgehead atoms. The van der Waals surface area contributed by atoms with Crippen LogP contribution in [0.15, 0.2) is 54.2 Å². The van der Waals surface area contributed by atoms with Crippen molar-refractivity contribution in [3.8, 4) is 17.0 Å². The van der Waals surface area contributed by atoms with E-state index in [0.717, 1.165) is 23.8 Å². The van der Waals surface area contributed by atoms with Crippen molar-refractivity contribution in [1.82, 2.24) is 19.8 Å². The number of pyridine rings is 2. The van der Waals surface area contributed by atoms with Gasteiger partial charge in [-0.05, 0) is 61.7 Å². The minimum atomic E-state index is -0.870. The number of halogens is 2. The summed E-state index contributed by atoms with van der Waals surface area (Å²) in [4.78, 5) is 43.5. The van der Waals surface area contributed by atoms with Crippen LogP contribution in [0.1, 0.15) is 43.5 Å². The Morgan fingerprint density at radius 2 is 1.95 bits per heavy atom. The fourth-order valence-electron chi connectivity index (χ4n) is 5.23. The number of hydrogen-bond acceptors (Lipinski definition) is 6. The fourth-order valence-corrected chi connectivity index (χ4v) is 5.23. The lowest BCUT2D eigenvalue weighted by atomic mass is 10.0. The summed E-state index contributed by atoms with van der Waals surface area (Å²) in [5, 5.41) is 10.0. The van der Waals surface area contributed by atoms with Gasteiger partial charge in [0.25, 0.3) is 0 Å². The summed E-state index contributed by atoms with van der Waals surface area (Å²) in [6, 6.07) is 5.95. The molecule has 1 unspecified atom stereocenters. The van der Waals surface area contributed by atoms with Crippen molar-refractivity contribution in [2.24, 2.45) is 4.99 Å². The van der Waals surface area contributed by atoms with Gasteiger partial charge >= 0.3 is 0 Å². The Morgan fingerprint density at radius 1 is 1.21 bits per heavy atom. The Kier molecular flexibility index (Phi) is 8.99. The first kappa shape index (κ1) is 30.3. The number of nitrogens with zero attached hydrogens (tertiary/aromatic N) is 6. The number of hydrogen-bond donors (Lipinski definition) is 1. The van der Waals surface area contributed by atoms with Crippen LogP contribution in [0.4, 0.5) is 20.3 Å². The van der Waals surface area contributed by atoms with E-state index in [1.165, 1.54) is 17.0 Å². The zero-order valence-electron chi connectivity index (χ0n) is 24.3. The summed E-state index contributed by atoms with van der Waals surface area (Å²) >= 11 is 0. The quantitative estimate of drug-likeness (QED) is 0.185. The Hall–Kier alpha value is -4.67. The highest BCUT2D eigenvalue weighted by molar-refractivity contribution is 6.07. The van der Waals surface area contributed by atoms with Gasteiger partial charge in [-0.3, -0.25) is 24.5 Å². The minimum absolute atomic E-state index is 0.0135. The molecule has 42 heavy (non-hydrogen) atoms. The molecule has 2 aromatic heterocycles. The molecule has 1 aliphatic rings. The number of anilines is 2. The number of aromatic nitrogens is 2. The maximum Gasteiger partial charge on any atom is 0.246 e. The third kappa shape index (κ3) is 5.72. The van der Waals surface area contributed by atoms with Gasteiger partial charge in [0.1, 0.15) is 28.9 Å². The van der Waals surface area contributed by atoms with E-state index in [-0.39, 0.29) is 46.3 Å². The third-order valence-electron chi connectivity index (χ3n) is 7.28. The van der Waals surface area contributed by atoms with Crippen LogP contribution in [0.25, 0.3) is 11.3 Å². The van der Waals surface area contributed by atoms with Crippen LogP contribution in [0.5, 0.6) is 5.75 Å². The molecule has 0 aliphatic carbocycles. The second-order valence-corrected chi connectivity index (χ2v) is 10.4. The summed E-state index contributed by atoms with van der Waals surface area (Å²) in [7, 11) is 1.55. The standard InChI is InChI=1S/C31H34F2N6O3/c1-7-26(42)37-12-13-38(20(5)16-37)30(34-6)23-15-25(33)28(22-14-21(41)8-9-24(22)32)36-31(23)39(17-40)29-19(4)10-11-35-27(29)18(2)3/h7-11,14-15,17-18,20,41H,1,12-13,16H2,2-6H3/b34-30+. The maximum absolute atomic E-state index is 15.9. The average molecular weight is 577 g/mol. The van der Waals surface area contributed by atoms with E-state index in [9.17, 15) is 19.1 Å². The van der Waals surface area contributed by atoms with E-state index < -0.39 is 11.6 Å². The Labute approximate surface area is 243 Å². The zero-order chi connectivity index (χ0) is 30.7. The van der Waals surface area contributed by atoms with Crippen LogP contribution in [0, 0.1) is 18.6 Å². The van der Waals surface area contributed by atoms with Crippen LogP contribution in [0.2, 0.25) is 0 Å². The highest BCUT2D eigenvalue weighted by Crippen LogP contribution is 2.38. The van der Waals surface area contributed by atoms with Gasteiger partial charge in [0.2, 0.25) is 12.3 Å². The normalized spacial score (nSPS) is 15.6. The van der Waals surface area contributed by atoms with E-state index in [1.54, 1.807) is 24.2 Å². The number of aryl methyl sites for hydroxylation is 1. The van der Waals surface area contributed by atoms with Gasteiger partial charge in [0, 0.05) is 44.5 Å². The summed E-state index contributed by atoms with van der Waals surface area (Å²) in [6.45, 7) is 12.3. The molecular weight excluding hydrogens is 542 g/mol. The predicted octanol–water partition coefficient (Wildman–Crippen LogP) is 4.95. The smallest absolute Gasteiger partial charge is 0.246 e. The number of phenols is 1. The molecular formula is C31H34F2N6O3. The van der Waals surface area contributed by atoms with Crippen molar-refractivity contribution in [3.63, 3.8) is 0 Å². The first-order valence-corrected chi connectivity index (χ1v) is 13.6. The average Bonchev–Trinajstić information content (AvgIpc) is 2.96. The molecule has 1 aliphatic heterocycles. The largest absolute Gasteiger partial charge is 0.508 e.